The third kappa shape index (κ3) is 4.62. The van der Waals surface area contributed by atoms with Crippen LogP contribution in [0.4, 0.5) is 5.82 Å². The second-order valence-corrected chi connectivity index (χ2v) is 9.90. The van der Waals surface area contributed by atoms with E-state index in [1.54, 1.807) is 10.7 Å². The predicted molar refractivity (Wildman–Crippen MR) is 146 cm³/mol. The number of nitriles is 1. The van der Waals surface area contributed by atoms with E-state index in [2.05, 4.69) is 69.2 Å². The predicted octanol–water partition coefficient (Wildman–Crippen LogP) is 4.43. The van der Waals surface area contributed by atoms with Crippen LogP contribution in [0.5, 0.6) is 0 Å². The highest BCUT2D eigenvalue weighted by Gasteiger charge is 2.20. The molecule has 6 heterocycles. The zero-order valence-electron chi connectivity index (χ0n) is 21.6. The van der Waals surface area contributed by atoms with Crippen LogP contribution in [0.25, 0.3) is 27.8 Å². The van der Waals surface area contributed by atoms with E-state index >= 15 is 0 Å². The van der Waals surface area contributed by atoms with Crippen molar-refractivity contribution in [1.82, 2.24) is 34.3 Å². The maximum Gasteiger partial charge on any atom is 0.128 e. The summed E-state index contributed by atoms with van der Waals surface area (Å²) in [7, 11) is 0. The average Bonchev–Trinajstić information content (AvgIpc) is 3.62. The number of hydrogen-bond donors (Lipinski definition) is 0. The normalized spacial score (nSPS) is 14.3. The summed E-state index contributed by atoms with van der Waals surface area (Å²) in [6.45, 7) is 8.84. The number of hydrogen-bond acceptors (Lipinski definition) is 7. The van der Waals surface area contributed by atoms with E-state index in [1.165, 1.54) is 0 Å². The molecule has 0 atom stereocenters. The van der Waals surface area contributed by atoms with Crippen molar-refractivity contribution in [2.45, 2.75) is 26.4 Å². The van der Waals surface area contributed by atoms with Crippen LogP contribution in [-0.4, -0.2) is 60.4 Å². The molecule has 5 aromatic heterocycles. The SMILES string of the molecule is CC(C)n1cc(-c2cc(-c3ccc(N4CCN(Cc5ccccn5)CC4)nc3)c3c(C#N)cnn3c2)cn1. The molecule has 1 aliphatic heterocycles. The van der Waals surface area contributed by atoms with Gasteiger partial charge < -0.3 is 4.90 Å². The fraction of sp³-hybridized carbons (Fsp3) is 0.276. The van der Waals surface area contributed by atoms with Gasteiger partial charge in [0.15, 0.2) is 0 Å². The molecule has 0 amide bonds. The minimum Gasteiger partial charge on any atom is -0.354 e. The summed E-state index contributed by atoms with van der Waals surface area (Å²) >= 11 is 0. The van der Waals surface area contributed by atoms with Gasteiger partial charge in [-0.05, 0) is 44.2 Å². The van der Waals surface area contributed by atoms with E-state index in [0.29, 0.717) is 5.56 Å². The van der Waals surface area contributed by atoms with Crippen molar-refractivity contribution >= 4 is 11.3 Å². The van der Waals surface area contributed by atoms with Gasteiger partial charge in [-0.15, -0.1) is 0 Å². The highest BCUT2D eigenvalue weighted by atomic mass is 15.3. The molecular weight excluding hydrogens is 474 g/mol. The number of aromatic nitrogens is 6. The lowest BCUT2D eigenvalue weighted by molar-refractivity contribution is 0.246. The number of anilines is 1. The largest absolute Gasteiger partial charge is 0.354 e. The Balaban J connectivity index is 1.25. The van der Waals surface area contributed by atoms with Gasteiger partial charge >= 0.3 is 0 Å². The first-order valence-corrected chi connectivity index (χ1v) is 12.9. The fourth-order valence-electron chi connectivity index (χ4n) is 4.94. The quantitative estimate of drug-likeness (QED) is 0.339. The van der Waals surface area contributed by atoms with Crippen LogP contribution in [0.1, 0.15) is 31.1 Å². The average molecular weight is 504 g/mol. The maximum atomic E-state index is 9.73. The minimum absolute atomic E-state index is 0.274. The molecule has 0 unspecified atom stereocenters. The van der Waals surface area contributed by atoms with Gasteiger partial charge in [0, 0.05) is 85.8 Å². The third-order valence-corrected chi connectivity index (χ3v) is 7.06. The van der Waals surface area contributed by atoms with Gasteiger partial charge in [0.05, 0.1) is 29.2 Å². The van der Waals surface area contributed by atoms with Gasteiger partial charge in [-0.2, -0.15) is 15.5 Å². The van der Waals surface area contributed by atoms with Crippen molar-refractivity contribution in [3.8, 4) is 28.3 Å². The molecular formula is C29H29N9. The lowest BCUT2D eigenvalue weighted by atomic mass is 10.0. The van der Waals surface area contributed by atoms with E-state index in [0.717, 1.165) is 72.0 Å². The summed E-state index contributed by atoms with van der Waals surface area (Å²) < 4.78 is 3.72. The zero-order chi connectivity index (χ0) is 26.1. The van der Waals surface area contributed by atoms with Crippen LogP contribution in [0.3, 0.4) is 0 Å². The Labute approximate surface area is 221 Å². The highest BCUT2D eigenvalue weighted by Crippen LogP contribution is 2.32. The summed E-state index contributed by atoms with van der Waals surface area (Å²) in [6.07, 6.45) is 11.2. The van der Waals surface area contributed by atoms with Crippen LogP contribution in [0.2, 0.25) is 0 Å². The lowest BCUT2D eigenvalue weighted by Crippen LogP contribution is -2.46. The molecule has 190 valence electrons. The maximum absolute atomic E-state index is 9.73. The monoisotopic (exact) mass is 503 g/mol. The molecule has 9 nitrogen and oxygen atoms in total. The third-order valence-electron chi connectivity index (χ3n) is 7.06. The summed E-state index contributed by atoms with van der Waals surface area (Å²) in [5, 5.41) is 18.7. The van der Waals surface area contributed by atoms with Gasteiger partial charge in [0.2, 0.25) is 0 Å². The Bertz CT molecular complexity index is 1590. The van der Waals surface area contributed by atoms with Crippen molar-refractivity contribution in [3.05, 3.63) is 84.8 Å². The van der Waals surface area contributed by atoms with Crippen LogP contribution in [0, 0.1) is 11.3 Å². The van der Waals surface area contributed by atoms with Crippen molar-refractivity contribution in [2.24, 2.45) is 0 Å². The molecule has 0 bridgehead atoms. The minimum atomic E-state index is 0.274. The van der Waals surface area contributed by atoms with Crippen molar-refractivity contribution in [3.63, 3.8) is 0 Å². The van der Waals surface area contributed by atoms with Crippen molar-refractivity contribution in [1.29, 1.82) is 5.26 Å². The molecule has 0 spiro atoms. The number of pyridine rings is 3. The summed E-state index contributed by atoms with van der Waals surface area (Å²) in [5.74, 6) is 0.964. The number of rotatable bonds is 6. The van der Waals surface area contributed by atoms with E-state index in [9.17, 15) is 5.26 Å². The van der Waals surface area contributed by atoms with Crippen LogP contribution < -0.4 is 4.90 Å². The molecule has 0 N–H and O–H groups in total. The van der Waals surface area contributed by atoms with Gasteiger partial charge in [0.1, 0.15) is 11.9 Å². The lowest BCUT2D eigenvalue weighted by Gasteiger charge is -2.35. The number of piperazine rings is 1. The van der Waals surface area contributed by atoms with E-state index in [4.69, 9.17) is 4.98 Å². The molecule has 1 aliphatic rings. The second kappa shape index (κ2) is 10.1. The van der Waals surface area contributed by atoms with Crippen molar-refractivity contribution in [2.75, 3.05) is 31.1 Å². The first-order valence-electron chi connectivity index (χ1n) is 12.9. The van der Waals surface area contributed by atoms with Gasteiger partial charge in [-0.3, -0.25) is 14.6 Å². The van der Waals surface area contributed by atoms with E-state index in [-0.39, 0.29) is 6.04 Å². The smallest absolute Gasteiger partial charge is 0.128 e. The first kappa shape index (κ1) is 23.8. The summed E-state index contributed by atoms with van der Waals surface area (Å²) in [4.78, 5) is 14.0. The molecule has 0 aromatic carbocycles. The van der Waals surface area contributed by atoms with Gasteiger partial charge in [-0.1, -0.05) is 6.07 Å². The summed E-state index contributed by atoms with van der Waals surface area (Å²) in [5.41, 5.74) is 6.28. The zero-order valence-corrected chi connectivity index (χ0v) is 21.6. The summed E-state index contributed by atoms with van der Waals surface area (Å²) in [6, 6.07) is 14.9. The van der Waals surface area contributed by atoms with E-state index < -0.39 is 0 Å². The Morgan fingerprint density at radius 3 is 2.45 bits per heavy atom. The Hall–Kier alpha value is -4.55. The van der Waals surface area contributed by atoms with E-state index in [1.807, 2.05) is 47.8 Å². The molecule has 6 rings (SSSR count). The fourth-order valence-corrected chi connectivity index (χ4v) is 4.94. The molecule has 38 heavy (non-hydrogen) atoms. The number of fused-ring (bicyclic) bond motifs is 1. The molecule has 0 radical (unpaired) electrons. The molecule has 5 aromatic rings. The Kier molecular flexibility index (Phi) is 6.32. The molecule has 0 aliphatic carbocycles. The standard InChI is InChI=1S/C29H29N9/c1-21(2)37-19-25(17-33-37)23-13-27(29-24(14-30)16-34-38(29)18-23)22-6-7-28(32-15-22)36-11-9-35(10-12-36)20-26-5-3-4-8-31-26/h3-8,13,15-19,21H,9-12,20H2,1-2H3. The van der Waals surface area contributed by atoms with Crippen LogP contribution >= 0.6 is 0 Å². The van der Waals surface area contributed by atoms with Crippen LogP contribution in [-0.2, 0) is 6.54 Å². The molecule has 9 heteroatoms. The highest BCUT2D eigenvalue weighted by molar-refractivity contribution is 5.87. The molecule has 0 saturated carbocycles. The second-order valence-electron chi connectivity index (χ2n) is 9.90. The van der Waals surface area contributed by atoms with Crippen LogP contribution in [0.15, 0.2) is 73.6 Å². The number of nitrogens with zero attached hydrogens (tertiary/aromatic N) is 9. The first-order chi connectivity index (χ1) is 18.6. The van der Waals surface area contributed by atoms with Gasteiger partial charge in [-0.25, -0.2) is 9.50 Å². The topological polar surface area (TPSA) is 91.2 Å². The Morgan fingerprint density at radius 2 is 1.76 bits per heavy atom. The molecule has 1 saturated heterocycles. The van der Waals surface area contributed by atoms with Gasteiger partial charge in [0.25, 0.3) is 0 Å². The molecule has 1 fully saturated rings. The Morgan fingerprint density at radius 1 is 0.895 bits per heavy atom. The van der Waals surface area contributed by atoms with Crippen molar-refractivity contribution < 1.29 is 0 Å².